The van der Waals surface area contributed by atoms with Gasteiger partial charge in [-0.15, -0.1) is 0 Å². The Labute approximate surface area is 110 Å². The molecule has 0 aliphatic heterocycles. The van der Waals surface area contributed by atoms with E-state index >= 15 is 0 Å². The highest BCUT2D eigenvalue weighted by Crippen LogP contribution is 2.33. The minimum absolute atomic E-state index is 0.0249. The molecule has 0 amide bonds. The lowest BCUT2D eigenvalue weighted by atomic mass is 9.85. The van der Waals surface area contributed by atoms with E-state index in [0.29, 0.717) is 6.54 Å². The molecule has 18 heavy (non-hydrogen) atoms. The summed E-state index contributed by atoms with van der Waals surface area (Å²) in [6, 6.07) is 0. The molecule has 0 radical (unpaired) electrons. The van der Waals surface area contributed by atoms with Crippen molar-refractivity contribution < 1.29 is 4.74 Å². The number of likely N-dealkylation sites (N-methyl/N-ethyl adjacent to an activating group) is 1. The molecule has 0 fully saturated rings. The first-order valence-electron chi connectivity index (χ1n) is 6.37. The lowest BCUT2D eigenvalue weighted by molar-refractivity contribution is 0.340. The van der Waals surface area contributed by atoms with Crippen LogP contribution in [0.25, 0.3) is 0 Å². The van der Waals surface area contributed by atoms with E-state index in [9.17, 15) is 0 Å². The molecule has 0 aliphatic carbocycles. The summed E-state index contributed by atoms with van der Waals surface area (Å²) in [6.45, 7) is 6.85. The molecule has 1 heterocycles. The zero-order chi connectivity index (χ0) is 13.8. The van der Waals surface area contributed by atoms with E-state index in [2.05, 4.69) is 37.9 Å². The van der Waals surface area contributed by atoms with Crippen molar-refractivity contribution >= 4 is 0 Å². The fourth-order valence-corrected chi connectivity index (χ4v) is 2.14. The summed E-state index contributed by atoms with van der Waals surface area (Å²) in [5.74, 6) is 0.854. The highest BCUT2D eigenvalue weighted by Gasteiger charge is 2.28. The van der Waals surface area contributed by atoms with Gasteiger partial charge in [-0.2, -0.15) is 5.10 Å². The molecular formula is C13H26N4O. The number of hydrogen-bond acceptors (Lipinski definition) is 4. The van der Waals surface area contributed by atoms with Gasteiger partial charge in [0.15, 0.2) is 5.75 Å². The van der Waals surface area contributed by atoms with Gasteiger partial charge in [-0.25, -0.2) is 0 Å². The van der Waals surface area contributed by atoms with Crippen LogP contribution in [0.3, 0.4) is 0 Å². The van der Waals surface area contributed by atoms with Gasteiger partial charge in [0.25, 0.3) is 0 Å². The molecule has 0 saturated carbocycles. The van der Waals surface area contributed by atoms with Crippen molar-refractivity contribution in [1.82, 2.24) is 14.7 Å². The average Bonchev–Trinajstić information content (AvgIpc) is 2.69. The predicted molar refractivity (Wildman–Crippen MR) is 74.0 cm³/mol. The summed E-state index contributed by atoms with van der Waals surface area (Å²) in [4.78, 5) is 2.15. The van der Waals surface area contributed by atoms with Crippen LogP contribution in [0.1, 0.15) is 26.0 Å². The van der Waals surface area contributed by atoms with E-state index in [1.807, 2.05) is 4.68 Å². The number of hydrogen-bond donors (Lipinski definition) is 1. The predicted octanol–water partition coefficient (Wildman–Crippen LogP) is 1.08. The van der Waals surface area contributed by atoms with Gasteiger partial charge in [0.05, 0.1) is 25.5 Å². The first kappa shape index (κ1) is 15.0. The van der Waals surface area contributed by atoms with Crippen molar-refractivity contribution in [3.8, 4) is 5.75 Å². The lowest BCUT2D eigenvalue weighted by Gasteiger charge is -2.26. The SMILES string of the molecule is COc1cnn(CCN(C)C)c1C(C)(C)CCN. The third kappa shape index (κ3) is 3.46. The standard InChI is InChI=1S/C13H26N4O/c1-13(2,6-7-14)12-11(18-5)10-15-17(12)9-8-16(3)4/h10H,6-9,14H2,1-5H3. The topological polar surface area (TPSA) is 56.3 Å². The maximum atomic E-state index is 5.71. The van der Waals surface area contributed by atoms with E-state index in [-0.39, 0.29) is 5.41 Å². The number of ether oxygens (including phenoxy) is 1. The monoisotopic (exact) mass is 254 g/mol. The van der Waals surface area contributed by atoms with Crippen molar-refractivity contribution in [2.75, 3.05) is 34.3 Å². The fraction of sp³-hybridized carbons (Fsp3) is 0.769. The normalized spacial score (nSPS) is 12.2. The third-order valence-electron chi connectivity index (χ3n) is 3.20. The van der Waals surface area contributed by atoms with Gasteiger partial charge in [0.1, 0.15) is 0 Å². The van der Waals surface area contributed by atoms with Gasteiger partial charge >= 0.3 is 0 Å². The maximum Gasteiger partial charge on any atom is 0.160 e. The molecule has 5 heteroatoms. The number of rotatable bonds is 7. The second-order valence-electron chi connectivity index (χ2n) is 5.51. The quantitative estimate of drug-likeness (QED) is 0.791. The first-order valence-corrected chi connectivity index (χ1v) is 6.37. The molecule has 0 aromatic carbocycles. The van der Waals surface area contributed by atoms with Crippen molar-refractivity contribution in [3.05, 3.63) is 11.9 Å². The van der Waals surface area contributed by atoms with Crippen molar-refractivity contribution in [3.63, 3.8) is 0 Å². The van der Waals surface area contributed by atoms with E-state index in [1.165, 1.54) is 0 Å². The molecule has 104 valence electrons. The summed E-state index contributed by atoms with van der Waals surface area (Å²) in [5, 5.41) is 4.43. The molecule has 2 N–H and O–H groups in total. The summed E-state index contributed by atoms with van der Waals surface area (Å²) in [5.41, 5.74) is 6.82. The molecule has 1 aromatic rings. The van der Waals surface area contributed by atoms with Crippen LogP contribution in [-0.4, -0.2) is 49.0 Å². The molecule has 0 saturated heterocycles. The highest BCUT2D eigenvalue weighted by molar-refractivity contribution is 5.31. The Kier molecular flexibility index (Phi) is 5.16. The van der Waals surface area contributed by atoms with Gasteiger partial charge in [-0.05, 0) is 27.1 Å². The molecule has 1 rings (SSSR count). The Morgan fingerprint density at radius 2 is 2.11 bits per heavy atom. The fourth-order valence-electron chi connectivity index (χ4n) is 2.14. The molecule has 1 aromatic heterocycles. The van der Waals surface area contributed by atoms with Crippen LogP contribution in [0.4, 0.5) is 0 Å². The average molecular weight is 254 g/mol. The number of nitrogens with two attached hydrogens (primary N) is 1. The molecular weight excluding hydrogens is 228 g/mol. The zero-order valence-electron chi connectivity index (χ0n) is 12.2. The molecule has 0 spiro atoms. The maximum absolute atomic E-state index is 5.71. The van der Waals surface area contributed by atoms with Crippen LogP contribution in [0.2, 0.25) is 0 Å². The Bertz CT molecular complexity index is 371. The van der Waals surface area contributed by atoms with E-state index in [4.69, 9.17) is 10.5 Å². The molecule has 5 nitrogen and oxygen atoms in total. The number of aromatic nitrogens is 2. The zero-order valence-corrected chi connectivity index (χ0v) is 12.2. The van der Waals surface area contributed by atoms with E-state index < -0.39 is 0 Å². The summed E-state index contributed by atoms with van der Waals surface area (Å²) >= 11 is 0. The molecule has 0 aliphatic rings. The van der Waals surface area contributed by atoms with Gasteiger partial charge in [-0.3, -0.25) is 4.68 Å². The smallest absolute Gasteiger partial charge is 0.160 e. The van der Waals surface area contributed by atoms with Crippen LogP contribution in [-0.2, 0) is 12.0 Å². The summed E-state index contributed by atoms with van der Waals surface area (Å²) in [7, 11) is 5.81. The van der Waals surface area contributed by atoms with Gasteiger partial charge in [0.2, 0.25) is 0 Å². The third-order valence-corrected chi connectivity index (χ3v) is 3.20. The Morgan fingerprint density at radius 1 is 1.44 bits per heavy atom. The largest absolute Gasteiger partial charge is 0.493 e. The minimum atomic E-state index is -0.0249. The summed E-state index contributed by atoms with van der Waals surface area (Å²) < 4.78 is 7.46. The van der Waals surface area contributed by atoms with Crippen LogP contribution in [0, 0.1) is 0 Å². The van der Waals surface area contributed by atoms with E-state index in [1.54, 1.807) is 13.3 Å². The van der Waals surface area contributed by atoms with Crippen LogP contribution < -0.4 is 10.5 Å². The van der Waals surface area contributed by atoms with Gasteiger partial charge in [0, 0.05) is 12.0 Å². The minimum Gasteiger partial charge on any atom is -0.493 e. The molecule has 0 bridgehead atoms. The van der Waals surface area contributed by atoms with Gasteiger partial charge in [-0.1, -0.05) is 13.8 Å². The number of methoxy groups -OCH3 is 1. The van der Waals surface area contributed by atoms with Crippen LogP contribution in [0.15, 0.2) is 6.20 Å². The Balaban J connectivity index is 3.01. The highest BCUT2D eigenvalue weighted by atomic mass is 16.5. The second-order valence-corrected chi connectivity index (χ2v) is 5.51. The molecule has 0 unspecified atom stereocenters. The Hall–Kier alpha value is -1.07. The Morgan fingerprint density at radius 3 is 2.61 bits per heavy atom. The first-order chi connectivity index (χ1) is 8.42. The molecule has 0 atom stereocenters. The van der Waals surface area contributed by atoms with Crippen molar-refractivity contribution in [2.45, 2.75) is 32.2 Å². The second kappa shape index (κ2) is 6.20. The summed E-state index contributed by atoms with van der Waals surface area (Å²) in [6.07, 6.45) is 2.71. The number of nitrogens with zero attached hydrogens (tertiary/aromatic N) is 3. The lowest BCUT2D eigenvalue weighted by Crippen LogP contribution is -2.28. The van der Waals surface area contributed by atoms with Crippen molar-refractivity contribution in [2.24, 2.45) is 5.73 Å². The van der Waals surface area contributed by atoms with Crippen molar-refractivity contribution in [1.29, 1.82) is 0 Å². The van der Waals surface area contributed by atoms with Crippen LogP contribution in [0.5, 0.6) is 5.75 Å². The van der Waals surface area contributed by atoms with E-state index in [0.717, 1.165) is 31.0 Å². The van der Waals surface area contributed by atoms with Gasteiger partial charge < -0.3 is 15.4 Å². The van der Waals surface area contributed by atoms with Crippen LogP contribution >= 0.6 is 0 Å².